The van der Waals surface area contributed by atoms with E-state index in [4.69, 9.17) is 0 Å². The average Bonchev–Trinajstić information content (AvgIpc) is 3.21. The summed E-state index contributed by atoms with van der Waals surface area (Å²) in [6.45, 7) is 6.43. The molecule has 3 heterocycles. The van der Waals surface area contributed by atoms with Crippen LogP contribution in [0, 0.1) is 11.3 Å². The fourth-order valence-corrected chi connectivity index (χ4v) is 5.26. The van der Waals surface area contributed by atoms with Crippen molar-refractivity contribution in [2.75, 3.05) is 5.32 Å². The maximum Gasteiger partial charge on any atom is 0.408 e. The van der Waals surface area contributed by atoms with Gasteiger partial charge in [0.2, 0.25) is 0 Å². The van der Waals surface area contributed by atoms with Crippen LogP contribution in [0.15, 0.2) is 41.1 Å². The van der Waals surface area contributed by atoms with E-state index in [1.807, 2.05) is 12.1 Å². The van der Waals surface area contributed by atoms with E-state index in [1.54, 1.807) is 16.2 Å². The Balaban J connectivity index is 1.86. The van der Waals surface area contributed by atoms with Crippen LogP contribution < -0.4 is 5.32 Å². The minimum absolute atomic E-state index is 0.00842. The molecule has 1 aromatic carbocycles. The number of amides is 1. The summed E-state index contributed by atoms with van der Waals surface area (Å²) in [5, 5.41) is 18.0. The number of rotatable bonds is 1. The van der Waals surface area contributed by atoms with Crippen molar-refractivity contribution in [3.63, 3.8) is 0 Å². The number of carbonyl (C=O) groups is 1. The van der Waals surface area contributed by atoms with E-state index in [2.05, 4.69) is 55.0 Å². The summed E-state index contributed by atoms with van der Waals surface area (Å²) in [4.78, 5) is 13.9. The van der Waals surface area contributed by atoms with E-state index in [0.29, 0.717) is 0 Å². The fourth-order valence-electron chi connectivity index (χ4n) is 4.57. The van der Waals surface area contributed by atoms with Crippen molar-refractivity contribution in [2.24, 2.45) is 11.3 Å². The molecule has 1 amide bonds. The first kappa shape index (κ1) is 16.5. The number of nitrogens with zero attached hydrogens (tertiary/aromatic N) is 1. The summed E-state index contributed by atoms with van der Waals surface area (Å²) < 4.78 is 0. The first-order valence-electron chi connectivity index (χ1n) is 8.77. The number of para-hydroxylation sites is 1. The topological polar surface area (TPSA) is 52.6 Å². The molecule has 5 heteroatoms. The van der Waals surface area contributed by atoms with Gasteiger partial charge in [-0.2, -0.15) is 11.3 Å². The predicted octanol–water partition coefficient (Wildman–Crippen LogP) is 5.37. The van der Waals surface area contributed by atoms with Crippen molar-refractivity contribution in [2.45, 2.75) is 45.3 Å². The molecule has 1 saturated heterocycles. The van der Waals surface area contributed by atoms with Crippen molar-refractivity contribution in [3.8, 4) is 0 Å². The Hall–Kier alpha value is -2.01. The second-order valence-corrected chi connectivity index (χ2v) is 8.96. The van der Waals surface area contributed by atoms with E-state index in [-0.39, 0.29) is 29.5 Å². The summed E-state index contributed by atoms with van der Waals surface area (Å²) in [5.41, 5.74) is 3.33. The molecule has 2 N–H and O–H groups in total. The van der Waals surface area contributed by atoms with E-state index in [1.165, 1.54) is 5.56 Å². The first-order chi connectivity index (χ1) is 11.9. The summed E-state index contributed by atoms with van der Waals surface area (Å²) >= 11 is 1.69. The van der Waals surface area contributed by atoms with Crippen LogP contribution in [0.3, 0.4) is 0 Å². The summed E-state index contributed by atoms with van der Waals surface area (Å²) in [6, 6.07) is 10.4. The number of hydrogen-bond acceptors (Lipinski definition) is 3. The largest absolute Gasteiger partial charge is 0.465 e. The number of nitrogens with one attached hydrogen (secondary N) is 1. The molecule has 0 bridgehead atoms. The Morgan fingerprint density at radius 3 is 2.68 bits per heavy atom. The molecular weight excluding hydrogens is 332 g/mol. The molecule has 1 unspecified atom stereocenters. The summed E-state index contributed by atoms with van der Waals surface area (Å²) in [5.74, 6) is 0.241. The number of carboxylic acid groups (broad SMARTS) is 1. The van der Waals surface area contributed by atoms with Gasteiger partial charge < -0.3 is 10.4 Å². The number of thiophene rings is 1. The first-order valence-corrected chi connectivity index (χ1v) is 9.71. The third kappa shape index (κ3) is 2.61. The SMILES string of the molecule is CC(C)(C)C1C[C@@H]2[C@H](c3ccsc3)Nc3ccccc3[C@@H]2N1C(=O)O. The zero-order valence-electron chi connectivity index (χ0n) is 14.8. The zero-order valence-corrected chi connectivity index (χ0v) is 15.6. The minimum Gasteiger partial charge on any atom is -0.465 e. The molecule has 0 spiro atoms. The number of benzene rings is 1. The number of anilines is 1. The lowest BCUT2D eigenvalue weighted by atomic mass is 9.78. The third-order valence-corrected chi connectivity index (χ3v) is 6.38. The summed E-state index contributed by atoms with van der Waals surface area (Å²) in [6.07, 6.45) is 0.0654. The van der Waals surface area contributed by atoms with Crippen LogP contribution in [0.4, 0.5) is 10.5 Å². The molecular formula is C20H24N2O2S. The van der Waals surface area contributed by atoms with Crippen LogP contribution in [0.25, 0.3) is 0 Å². The van der Waals surface area contributed by atoms with Crippen molar-refractivity contribution >= 4 is 23.1 Å². The second kappa shape index (κ2) is 5.77. The third-order valence-electron chi connectivity index (χ3n) is 5.68. The molecule has 4 rings (SSSR count). The molecule has 2 aromatic rings. The average molecular weight is 356 g/mol. The van der Waals surface area contributed by atoms with Gasteiger partial charge in [-0.3, -0.25) is 4.90 Å². The van der Waals surface area contributed by atoms with E-state index < -0.39 is 6.09 Å². The van der Waals surface area contributed by atoms with Crippen LogP contribution in [-0.2, 0) is 0 Å². The number of hydrogen-bond donors (Lipinski definition) is 2. The molecule has 132 valence electrons. The van der Waals surface area contributed by atoms with Crippen molar-refractivity contribution in [1.82, 2.24) is 4.90 Å². The molecule has 25 heavy (non-hydrogen) atoms. The normalized spacial score (nSPS) is 28.2. The highest BCUT2D eigenvalue weighted by Gasteiger charge is 2.53. The molecule has 1 fully saturated rings. The quantitative estimate of drug-likeness (QED) is 0.722. The Kier molecular flexibility index (Phi) is 3.80. The molecule has 1 aromatic heterocycles. The van der Waals surface area contributed by atoms with Gasteiger partial charge in [-0.05, 0) is 45.9 Å². The van der Waals surface area contributed by atoms with E-state index in [9.17, 15) is 9.90 Å². The van der Waals surface area contributed by atoms with Crippen molar-refractivity contribution in [1.29, 1.82) is 0 Å². The standard InChI is InChI=1S/C20H24N2O2S/c1-20(2,3)16-10-14-17(12-8-9-25-11-12)21-15-7-5-4-6-13(15)18(14)22(16)19(23)24/h4-9,11,14,16-18,21H,10H2,1-3H3,(H,23,24)/t14-,16?,17+,18+/m1/s1. The lowest BCUT2D eigenvalue weighted by molar-refractivity contribution is 0.0835. The number of fused-ring (bicyclic) bond motifs is 3. The Labute approximate surface area is 152 Å². The van der Waals surface area contributed by atoms with Gasteiger partial charge in [0.1, 0.15) is 0 Å². The molecule has 0 radical (unpaired) electrons. The van der Waals surface area contributed by atoms with E-state index >= 15 is 0 Å². The van der Waals surface area contributed by atoms with Gasteiger partial charge in [0.25, 0.3) is 0 Å². The maximum atomic E-state index is 12.2. The van der Waals surface area contributed by atoms with Crippen molar-refractivity contribution < 1.29 is 9.90 Å². The lowest BCUT2D eigenvalue weighted by Crippen LogP contribution is -2.44. The second-order valence-electron chi connectivity index (χ2n) is 8.18. The maximum absolute atomic E-state index is 12.2. The molecule has 0 saturated carbocycles. The van der Waals surface area contributed by atoms with Gasteiger partial charge in [-0.25, -0.2) is 4.79 Å². The van der Waals surface area contributed by atoms with Crippen LogP contribution in [0.5, 0.6) is 0 Å². The number of likely N-dealkylation sites (tertiary alicyclic amines) is 1. The monoisotopic (exact) mass is 356 g/mol. The van der Waals surface area contributed by atoms with Crippen LogP contribution in [0.1, 0.15) is 50.4 Å². The fraction of sp³-hybridized carbons (Fsp3) is 0.450. The van der Waals surface area contributed by atoms with Gasteiger partial charge in [0.05, 0.1) is 12.1 Å². The van der Waals surface area contributed by atoms with Crippen molar-refractivity contribution in [3.05, 3.63) is 52.2 Å². The van der Waals surface area contributed by atoms with Gasteiger partial charge in [0, 0.05) is 17.6 Å². The lowest BCUT2D eigenvalue weighted by Gasteiger charge is -2.40. The Morgan fingerprint density at radius 1 is 1.28 bits per heavy atom. The van der Waals surface area contributed by atoms with Crippen LogP contribution >= 0.6 is 11.3 Å². The molecule has 4 nitrogen and oxygen atoms in total. The van der Waals surface area contributed by atoms with E-state index in [0.717, 1.165) is 17.7 Å². The Bertz CT molecular complexity index is 781. The molecule has 4 atom stereocenters. The highest BCUT2D eigenvalue weighted by atomic mass is 32.1. The van der Waals surface area contributed by atoms with Crippen LogP contribution in [0.2, 0.25) is 0 Å². The van der Waals surface area contributed by atoms with Gasteiger partial charge in [-0.1, -0.05) is 39.0 Å². The Morgan fingerprint density at radius 2 is 2.04 bits per heavy atom. The molecule has 0 aliphatic carbocycles. The van der Waals surface area contributed by atoms with Crippen LogP contribution in [-0.4, -0.2) is 22.1 Å². The zero-order chi connectivity index (χ0) is 17.8. The van der Waals surface area contributed by atoms with Gasteiger partial charge in [0.15, 0.2) is 0 Å². The molecule has 2 aliphatic rings. The minimum atomic E-state index is -0.812. The molecule has 2 aliphatic heterocycles. The van der Waals surface area contributed by atoms with Gasteiger partial charge >= 0.3 is 6.09 Å². The highest BCUT2D eigenvalue weighted by molar-refractivity contribution is 7.08. The highest BCUT2D eigenvalue weighted by Crippen LogP contribution is 2.55. The smallest absolute Gasteiger partial charge is 0.408 e. The summed E-state index contributed by atoms with van der Waals surface area (Å²) in [7, 11) is 0. The predicted molar refractivity (Wildman–Crippen MR) is 101 cm³/mol. The van der Waals surface area contributed by atoms with Gasteiger partial charge in [-0.15, -0.1) is 0 Å².